The largest absolute Gasteiger partial charge is 0.505 e. The van der Waals surface area contributed by atoms with Gasteiger partial charge in [0.2, 0.25) is 0 Å². The lowest BCUT2D eigenvalue weighted by Gasteiger charge is -2.05. The van der Waals surface area contributed by atoms with Gasteiger partial charge in [0.15, 0.2) is 0 Å². The number of aromatic hydroxyl groups is 1. The van der Waals surface area contributed by atoms with Crippen LogP contribution in [0.25, 0.3) is 0 Å². The van der Waals surface area contributed by atoms with Gasteiger partial charge in [-0.25, -0.2) is 13.6 Å². The Hall–Kier alpha value is -1.72. The number of hydrogen-bond donors (Lipinski definition) is 1. The van der Waals surface area contributed by atoms with Crippen LogP contribution in [0.3, 0.4) is 0 Å². The van der Waals surface area contributed by atoms with Crippen molar-refractivity contribution in [1.82, 2.24) is 4.98 Å². The van der Waals surface area contributed by atoms with Gasteiger partial charge >= 0.3 is 5.97 Å². The van der Waals surface area contributed by atoms with Crippen molar-refractivity contribution in [3.05, 3.63) is 23.5 Å². The molecule has 0 spiro atoms. The first-order chi connectivity index (χ1) is 7.06. The van der Waals surface area contributed by atoms with Crippen LogP contribution >= 0.6 is 0 Å². The number of halogens is 2. The van der Waals surface area contributed by atoms with Gasteiger partial charge in [0, 0.05) is 0 Å². The van der Waals surface area contributed by atoms with Crippen molar-refractivity contribution < 1.29 is 23.4 Å². The third-order valence-electron chi connectivity index (χ3n) is 1.62. The zero-order chi connectivity index (χ0) is 11.4. The summed E-state index contributed by atoms with van der Waals surface area (Å²) in [5.41, 5.74) is -0.877. The quantitative estimate of drug-likeness (QED) is 0.785. The predicted octanol–water partition coefficient (Wildman–Crippen LogP) is 1.90. The second-order valence-electron chi connectivity index (χ2n) is 2.65. The number of alkyl halides is 2. The van der Waals surface area contributed by atoms with E-state index in [9.17, 15) is 18.7 Å². The average Bonchev–Trinajstić information content (AvgIpc) is 2.18. The molecule has 0 fully saturated rings. The molecule has 0 unspecified atom stereocenters. The Morgan fingerprint density at radius 1 is 1.67 bits per heavy atom. The summed E-state index contributed by atoms with van der Waals surface area (Å²) in [6.07, 6.45) is -1.99. The summed E-state index contributed by atoms with van der Waals surface area (Å²) in [5, 5.41) is 9.21. The number of esters is 1. The zero-order valence-corrected chi connectivity index (χ0v) is 7.91. The van der Waals surface area contributed by atoms with Crippen LogP contribution < -0.4 is 0 Å². The number of aromatic nitrogens is 1. The third kappa shape index (κ3) is 2.61. The van der Waals surface area contributed by atoms with Crippen LogP contribution in [0.2, 0.25) is 0 Å². The van der Waals surface area contributed by atoms with Crippen molar-refractivity contribution in [2.24, 2.45) is 0 Å². The minimum atomic E-state index is -2.79. The predicted molar refractivity (Wildman–Crippen MR) is 46.8 cm³/mol. The maximum Gasteiger partial charge on any atom is 0.342 e. The Kier molecular flexibility index (Phi) is 3.54. The molecule has 0 aliphatic heterocycles. The topological polar surface area (TPSA) is 59.4 Å². The van der Waals surface area contributed by atoms with Gasteiger partial charge in [-0.2, -0.15) is 0 Å². The molecule has 1 rings (SSSR count). The molecule has 1 aromatic heterocycles. The van der Waals surface area contributed by atoms with Crippen molar-refractivity contribution in [2.75, 3.05) is 6.61 Å². The molecule has 0 atom stereocenters. The molecule has 0 aromatic carbocycles. The van der Waals surface area contributed by atoms with Gasteiger partial charge in [-0.1, -0.05) is 0 Å². The first-order valence-electron chi connectivity index (χ1n) is 4.20. The lowest BCUT2D eigenvalue weighted by Crippen LogP contribution is -2.06. The molecule has 0 saturated carbocycles. The SMILES string of the molecule is CCOC(=O)c1cc(C(F)F)ncc1O. The lowest BCUT2D eigenvalue weighted by molar-refractivity contribution is 0.0522. The van der Waals surface area contributed by atoms with Gasteiger partial charge in [-0.05, 0) is 13.0 Å². The fourth-order valence-electron chi connectivity index (χ4n) is 0.956. The van der Waals surface area contributed by atoms with Crippen LogP contribution in [0, 0.1) is 0 Å². The monoisotopic (exact) mass is 217 g/mol. The van der Waals surface area contributed by atoms with Crippen molar-refractivity contribution in [3.63, 3.8) is 0 Å². The first-order valence-corrected chi connectivity index (χ1v) is 4.20. The number of rotatable bonds is 3. The molecule has 0 aliphatic rings. The Balaban J connectivity index is 3.05. The fraction of sp³-hybridized carbons (Fsp3) is 0.333. The average molecular weight is 217 g/mol. The molecule has 0 bridgehead atoms. The van der Waals surface area contributed by atoms with Crippen molar-refractivity contribution in [1.29, 1.82) is 0 Å². The summed E-state index contributed by atoms with van der Waals surface area (Å²) in [6.45, 7) is 1.68. The highest BCUT2D eigenvalue weighted by atomic mass is 19.3. The molecule has 0 radical (unpaired) electrons. The summed E-state index contributed by atoms with van der Waals surface area (Å²) in [6, 6.07) is 0.817. The lowest BCUT2D eigenvalue weighted by atomic mass is 10.2. The molecule has 0 aliphatic carbocycles. The molecular weight excluding hydrogens is 208 g/mol. The van der Waals surface area contributed by atoms with E-state index >= 15 is 0 Å². The molecule has 1 aromatic rings. The van der Waals surface area contributed by atoms with Gasteiger partial charge in [0.25, 0.3) is 6.43 Å². The standard InChI is InChI=1S/C9H9F2NO3/c1-2-15-9(14)5-3-6(8(10)11)12-4-7(5)13/h3-4,8,13H,2H2,1H3. The summed E-state index contributed by atoms with van der Waals surface area (Å²) >= 11 is 0. The van der Waals surface area contributed by atoms with E-state index in [1.54, 1.807) is 6.92 Å². The van der Waals surface area contributed by atoms with E-state index in [0.29, 0.717) is 0 Å². The maximum atomic E-state index is 12.2. The zero-order valence-electron chi connectivity index (χ0n) is 7.91. The third-order valence-corrected chi connectivity index (χ3v) is 1.62. The fourth-order valence-corrected chi connectivity index (χ4v) is 0.956. The Morgan fingerprint density at radius 3 is 2.87 bits per heavy atom. The smallest absolute Gasteiger partial charge is 0.342 e. The second-order valence-corrected chi connectivity index (χ2v) is 2.65. The van der Waals surface area contributed by atoms with Crippen LogP contribution in [0.1, 0.15) is 29.4 Å². The molecule has 0 amide bonds. The highest BCUT2D eigenvalue weighted by Gasteiger charge is 2.17. The molecule has 1 heterocycles. The van der Waals surface area contributed by atoms with Crippen LogP contribution in [0.15, 0.2) is 12.3 Å². The van der Waals surface area contributed by atoms with Crippen LogP contribution in [0.5, 0.6) is 5.75 Å². The molecule has 6 heteroatoms. The van der Waals surface area contributed by atoms with Gasteiger partial charge in [0.1, 0.15) is 17.0 Å². The highest BCUT2D eigenvalue weighted by Crippen LogP contribution is 2.23. The summed E-state index contributed by atoms with van der Waals surface area (Å²) in [4.78, 5) is 14.5. The number of hydrogen-bond acceptors (Lipinski definition) is 4. The minimum absolute atomic E-state index is 0.102. The number of carbonyl (C=O) groups excluding carboxylic acids is 1. The van der Waals surface area contributed by atoms with E-state index in [1.807, 2.05) is 0 Å². The van der Waals surface area contributed by atoms with Crippen LogP contribution in [0.4, 0.5) is 8.78 Å². The molecule has 4 nitrogen and oxygen atoms in total. The van der Waals surface area contributed by atoms with E-state index in [4.69, 9.17) is 0 Å². The van der Waals surface area contributed by atoms with E-state index < -0.39 is 23.8 Å². The van der Waals surface area contributed by atoms with E-state index in [-0.39, 0.29) is 12.2 Å². The van der Waals surface area contributed by atoms with Crippen molar-refractivity contribution in [2.45, 2.75) is 13.3 Å². The van der Waals surface area contributed by atoms with E-state index in [2.05, 4.69) is 9.72 Å². The number of pyridine rings is 1. The number of ether oxygens (including phenoxy) is 1. The normalized spacial score (nSPS) is 10.4. The van der Waals surface area contributed by atoms with Gasteiger partial charge in [-0.3, -0.25) is 4.98 Å². The van der Waals surface area contributed by atoms with Crippen LogP contribution in [-0.2, 0) is 4.74 Å². The second kappa shape index (κ2) is 4.68. The van der Waals surface area contributed by atoms with Gasteiger partial charge < -0.3 is 9.84 Å². The van der Waals surface area contributed by atoms with Crippen LogP contribution in [-0.4, -0.2) is 22.7 Å². The minimum Gasteiger partial charge on any atom is -0.505 e. The van der Waals surface area contributed by atoms with E-state index in [0.717, 1.165) is 12.3 Å². The number of nitrogens with zero attached hydrogens (tertiary/aromatic N) is 1. The van der Waals surface area contributed by atoms with E-state index in [1.165, 1.54) is 0 Å². The Bertz CT molecular complexity index is 368. The Morgan fingerprint density at radius 2 is 2.33 bits per heavy atom. The first kappa shape index (κ1) is 11.4. The number of carbonyl (C=O) groups is 1. The van der Waals surface area contributed by atoms with Crippen molar-refractivity contribution in [3.8, 4) is 5.75 Å². The van der Waals surface area contributed by atoms with Crippen molar-refractivity contribution >= 4 is 5.97 Å². The maximum absolute atomic E-state index is 12.2. The molecule has 82 valence electrons. The van der Waals surface area contributed by atoms with Gasteiger partial charge in [-0.15, -0.1) is 0 Å². The molecule has 0 saturated heterocycles. The Labute approximate surface area is 84.5 Å². The summed E-state index contributed by atoms with van der Waals surface area (Å²) < 4.78 is 29.0. The van der Waals surface area contributed by atoms with Gasteiger partial charge in [0.05, 0.1) is 12.8 Å². The molecule has 1 N–H and O–H groups in total. The molecule has 15 heavy (non-hydrogen) atoms. The highest BCUT2D eigenvalue weighted by molar-refractivity contribution is 5.92. The molecular formula is C9H9F2NO3. The summed E-state index contributed by atoms with van der Waals surface area (Å²) in [7, 11) is 0. The summed E-state index contributed by atoms with van der Waals surface area (Å²) in [5.74, 6) is -1.32.